The van der Waals surface area contributed by atoms with Crippen LogP contribution in [0, 0.1) is 17.1 Å². The Bertz CT molecular complexity index is 622. The van der Waals surface area contributed by atoms with Crippen LogP contribution in [0.5, 0.6) is 5.88 Å². The molecule has 0 aliphatic carbocycles. The Morgan fingerprint density at radius 2 is 2.21 bits per heavy atom. The number of nitriles is 1. The van der Waals surface area contributed by atoms with Gasteiger partial charge in [0.2, 0.25) is 5.88 Å². The van der Waals surface area contributed by atoms with Gasteiger partial charge in [0.15, 0.2) is 0 Å². The van der Waals surface area contributed by atoms with Gasteiger partial charge in [-0.05, 0) is 24.3 Å². The molecule has 0 fully saturated rings. The summed E-state index contributed by atoms with van der Waals surface area (Å²) in [5.74, 6) is 0.0570. The van der Waals surface area contributed by atoms with E-state index in [1.807, 2.05) is 18.2 Å². The summed E-state index contributed by atoms with van der Waals surface area (Å²) in [6.45, 7) is 0.375. The van der Waals surface area contributed by atoms with Crippen molar-refractivity contribution in [3.05, 3.63) is 53.5 Å². The van der Waals surface area contributed by atoms with Crippen LogP contribution in [0.2, 0.25) is 0 Å². The highest BCUT2D eigenvalue weighted by molar-refractivity contribution is 5.48. The number of nitrogens with one attached hydrogen (secondary N) is 1. The average molecular weight is 257 g/mol. The highest BCUT2D eigenvalue weighted by Crippen LogP contribution is 2.16. The van der Waals surface area contributed by atoms with Gasteiger partial charge in [-0.25, -0.2) is 9.37 Å². The fourth-order valence-electron chi connectivity index (χ4n) is 1.58. The number of halogens is 1. The van der Waals surface area contributed by atoms with E-state index < -0.39 is 5.82 Å². The number of pyridine rings is 1. The van der Waals surface area contributed by atoms with Crippen LogP contribution in [-0.2, 0) is 6.54 Å². The second-order valence-electron chi connectivity index (χ2n) is 3.83. The van der Waals surface area contributed by atoms with E-state index >= 15 is 0 Å². The summed E-state index contributed by atoms with van der Waals surface area (Å²) < 4.78 is 18.6. The normalized spacial score (nSPS) is 9.74. The number of hydrogen-bond donors (Lipinski definition) is 1. The molecule has 5 heteroatoms. The number of aromatic nitrogens is 1. The highest BCUT2D eigenvalue weighted by Gasteiger charge is 2.04. The maximum atomic E-state index is 13.6. The van der Waals surface area contributed by atoms with Crippen LogP contribution in [0.1, 0.15) is 11.3 Å². The lowest BCUT2D eigenvalue weighted by Gasteiger charge is -2.08. The van der Waals surface area contributed by atoms with Gasteiger partial charge >= 0.3 is 0 Å². The minimum Gasteiger partial charge on any atom is -0.481 e. The van der Waals surface area contributed by atoms with Crippen molar-refractivity contribution in [2.75, 3.05) is 12.4 Å². The van der Waals surface area contributed by atoms with Crippen molar-refractivity contribution in [2.45, 2.75) is 6.54 Å². The first-order valence-electron chi connectivity index (χ1n) is 5.66. The van der Waals surface area contributed by atoms with E-state index in [1.54, 1.807) is 19.2 Å². The number of ether oxygens (including phenoxy) is 1. The molecule has 0 aliphatic heterocycles. The molecule has 0 amide bonds. The SMILES string of the molecule is COc1cccc(CNc2ccc(C#N)cc2F)n1. The summed E-state index contributed by atoms with van der Waals surface area (Å²) >= 11 is 0. The molecule has 0 bridgehead atoms. The molecule has 1 N–H and O–H groups in total. The third-order valence-electron chi connectivity index (χ3n) is 2.55. The molecule has 1 heterocycles. The zero-order chi connectivity index (χ0) is 13.7. The molecule has 2 aromatic rings. The number of benzene rings is 1. The molecular formula is C14H12FN3O. The van der Waals surface area contributed by atoms with E-state index in [0.29, 0.717) is 23.7 Å². The second kappa shape index (κ2) is 5.83. The Labute approximate surface area is 110 Å². The molecule has 4 nitrogen and oxygen atoms in total. The van der Waals surface area contributed by atoms with Crippen LogP contribution < -0.4 is 10.1 Å². The van der Waals surface area contributed by atoms with Gasteiger partial charge in [-0.1, -0.05) is 6.07 Å². The van der Waals surface area contributed by atoms with Gasteiger partial charge in [0.05, 0.1) is 36.7 Å². The number of nitrogens with zero attached hydrogens (tertiary/aromatic N) is 2. The van der Waals surface area contributed by atoms with Gasteiger partial charge in [0.1, 0.15) is 5.82 Å². The van der Waals surface area contributed by atoms with Gasteiger partial charge < -0.3 is 10.1 Å². The molecule has 0 saturated heterocycles. The molecule has 0 atom stereocenters. The summed E-state index contributed by atoms with van der Waals surface area (Å²) in [5, 5.41) is 11.6. The predicted molar refractivity (Wildman–Crippen MR) is 69.2 cm³/mol. The monoisotopic (exact) mass is 257 g/mol. The third kappa shape index (κ3) is 3.19. The molecule has 2 rings (SSSR count). The number of anilines is 1. The van der Waals surface area contributed by atoms with Crippen molar-refractivity contribution in [1.82, 2.24) is 4.98 Å². The Morgan fingerprint density at radius 3 is 2.89 bits per heavy atom. The molecule has 19 heavy (non-hydrogen) atoms. The lowest BCUT2D eigenvalue weighted by Crippen LogP contribution is -2.04. The van der Waals surface area contributed by atoms with Crippen molar-refractivity contribution in [2.24, 2.45) is 0 Å². The lowest BCUT2D eigenvalue weighted by atomic mass is 10.2. The van der Waals surface area contributed by atoms with Crippen LogP contribution in [0.15, 0.2) is 36.4 Å². The summed E-state index contributed by atoms with van der Waals surface area (Å²) in [6.07, 6.45) is 0. The van der Waals surface area contributed by atoms with Gasteiger partial charge in [-0.15, -0.1) is 0 Å². The minimum absolute atomic E-state index is 0.294. The fraction of sp³-hybridized carbons (Fsp3) is 0.143. The lowest BCUT2D eigenvalue weighted by molar-refractivity contribution is 0.396. The van der Waals surface area contributed by atoms with E-state index in [0.717, 1.165) is 5.69 Å². The largest absolute Gasteiger partial charge is 0.481 e. The van der Waals surface area contributed by atoms with Gasteiger partial charge in [-0.2, -0.15) is 5.26 Å². The van der Waals surface area contributed by atoms with Gasteiger partial charge in [0.25, 0.3) is 0 Å². The molecule has 0 aliphatic rings. The quantitative estimate of drug-likeness (QED) is 0.914. The summed E-state index contributed by atoms with van der Waals surface area (Å²) in [7, 11) is 1.54. The first-order chi connectivity index (χ1) is 9.22. The molecular weight excluding hydrogens is 245 g/mol. The van der Waals surface area contributed by atoms with Crippen LogP contribution in [-0.4, -0.2) is 12.1 Å². The first kappa shape index (κ1) is 12.8. The number of methoxy groups -OCH3 is 1. The van der Waals surface area contributed by atoms with Crippen molar-refractivity contribution in [3.8, 4) is 11.9 Å². The summed E-state index contributed by atoms with van der Waals surface area (Å²) in [6, 6.07) is 11.6. The van der Waals surface area contributed by atoms with Crippen LogP contribution in [0.3, 0.4) is 0 Å². The Morgan fingerprint density at radius 1 is 1.37 bits per heavy atom. The highest BCUT2D eigenvalue weighted by atomic mass is 19.1. The van der Waals surface area contributed by atoms with Gasteiger partial charge in [0, 0.05) is 6.07 Å². The zero-order valence-corrected chi connectivity index (χ0v) is 10.4. The van der Waals surface area contributed by atoms with Gasteiger partial charge in [-0.3, -0.25) is 0 Å². The standard InChI is InChI=1S/C14H12FN3O/c1-19-14-4-2-3-11(18-14)9-17-13-6-5-10(8-16)7-12(13)15/h2-7,17H,9H2,1H3. The molecule has 0 spiro atoms. The maximum Gasteiger partial charge on any atom is 0.213 e. The molecule has 0 radical (unpaired) electrons. The van der Waals surface area contributed by atoms with Crippen LogP contribution in [0.25, 0.3) is 0 Å². The van der Waals surface area contributed by atoms with E-state index in [1.165, 1.54) is 12.1 Å². The molecule has 0 unspecified atom stereocenters. The first-order valence-corrected chi connectivity index (χ1v) is 5.66. The van der Waals surface area contributed by atoms with Crippen molar-refractivity contribution >= 4 is 5.69 Å². The predicted octanol–water partition coefficient (Wildman–Crippen LogP) is 2.71. The van der Waals surface area contributed by atoms with E-state index in [9.17, 15) is 4.39 Å². The van der Waals surface area contributed by atoms with E-state index in [4.69, 9.17) is 10.00 Å². The van der Waals surface area contributed by atoms with Crippen molar-refractivity contribution in [3.63, 3.8) is 0 Å². The molecule has 1 aromatic heterocycles. The Balaban J connectivity index is 2.08. The number of hydrogen-bond acceptors (Lipinski definition) is 4. The minimum atomic E-state index is -0.457. The van der Waals surface area contributed by atoms with Crippen LogP contribution in [0.4, 0.5) is 10.1 Å². The third-order valence-corrected chi connectivity index (χ3v) is 2.55. The molecule has 0 saturated carbocycles. The van der Waals surface area contributed by atoms with Crippen molar-refractivity contribution < 1.29 is 9.13 Å². The summed E-state index contributed by atoms with van der Waals surface area (Å²) in [4.78, 5) is 4.21. The fourth-order valence-corrected chi connectivity index (χ4v) is 1.58. The number of rotatable bonds is 4. The smallest absolute Gasteiger partial charge is 0.213 e. The second-order valence-corrected chi connectivity index (χ2v) is 3.83. The molecule has 96 valence electrons. The Hall–Kier alpha value is -2.61. The van der Waals surface area contributed by atoms with E-state index in [-0.39, 0.29) is 0 Å². The zero-order valence-electron chi connectivity index (χ0n) is 10.4. The maximum absolute atomic E-state index is 13.6. The molecule has 1 aromatic carbocycles. The van der Waals surface area contributed by atoms with E-state index in [2.05, 4.69) is 10.3 Å². The van der Waals surface area contributed by atoms with Crippen LogP contribution >= 0.6 is 0 Å². The average Bonchev–Trinajstić information content (AvgIpc) is 2.46. The van der Waals surface area contributed by atoms with Crippen molar-refractivity contribution in [1.29, 1.82) is 5.26 Å². The topological polar surface area (TPSA) is 57.9 Å². The summed E-state index contributed by atoms with van der Waals surface area (Å²) in [5.41, 5.74) is 1.37. The Kier molecular flexibility index (Phi) is 3.94.